The quantitative estimate of drug-likeness (QED) is 0.808. The van der Waals surface area contributed by atoms with Crippen LogP contribution in [0.5, 0.6) is 0 Å². The first-order chi connectivity index (χ1) is 12.5. The molecule has 5 rings (SSSR count). The third kappa shape index (κ3) is 2.97. The topological polar surface area (TPSA) is 55.8 Å². The van der Waals surface area contributed by atoms with Gasteiger partial charge in [0.1, 0.15) is 0 Å². The third-order valence-corrected chi connectivity index (χ3v) is 7.49. The van der Waals surface area contributed by atoms with E-state index in [2.05, 4.69) is 24.3 Å². The van der Waals surface area contributed by atoms with Gasteiger partial charge in [-0.15, -0.1) is 0 Å². The number of ether oxygens (including phenoxy) is 2. The van der Waals surface area contributed by atoms with Crippen molar-refractivity contribution < 1.29 is 19.4 Å². The molecule has 4 aliphatic carbocycles. The van der Waals surface area contributed by atoms with Crippen molar-refractivity contribution in [3.05, 3.63) is 35.4 Å². The molecule has 1 N–H and O–H groups in total. The van der Waals surface area contributed by atoms with Gasteiger partial charge in [0.25, 0.3) is 0 Å². The SMILES string of the molecule is COC12CCC(c3ccc(COC4(C(=O)O)CCCC4)cc3)(CC1)CC2. The molecule has 26 heavy (non-hydrogen) atoms. The lowest BCUT2D eigenvalue weighted by Crippen LogP contribution is -2.49. The second kappa shape index (κ2) is 6.65. The van der Waals surface area contributed by atoms with Crippen LogP contribution in [0.3, 0.4) is 0 Å². The molecule has 4 nitrogen and oxygen atoms in total. The number of benzene rings is 1. The van der Waals surface area contributed by atoms with E-state index in [1.165, 1.54) is 24.8 Å². The fourth-order valence-electron chi connectivity index (χ4n) is 5.43. The summed E-state index contributed by atoms with van der Waals surface area (Å²) < 4.78 is 11.7. The van der Waals surface area contributed by atoms with Crippen molar-refractivity contribution in [2.75, 3.05) is 7.11 Å². The van der Waals surface area contributed by atoms with Gasteiger partial charge in [-0.3, -0.25) is 0 Å². The van der Waals surface area contributed by atoms with Crippen LogP contribution in [0.25, 0.3) is 0 Å². The average Bonchev–Trinajstić information content (AvgIpc) is 3.19. The first-order valence-electron chi connectivity index (χ1n) is 10.0. The Morgan fingerprint density at radius 2 is 1.54 bits per heavy atom. The van der Waals surface area contributed by atoms with Gasteiger partial charge in [-0.25, -0.2) is 4.79 Å². The molecule has 0 unspecified atom stereocenters. The summed E-state index contributed by atoms with van der Waals surface area (Å²) in [5, 5.41) is 9.53. The summed E-state index contributed by atoms with van der Waals surface area (Å²) in [7, 11) is 1.86. The fourth-order valence-corrected chi connectivity index (χ4v) is 5.43. The molecule has 0 saturated heterocycles. The van der Waals surface area contributed by atoms with Gasteiger partial charge < -0.3 is 14.6 Å². The van der Waals surface area contributed by atoms with Crippen LogP contribution < -0.4 is 0 Å². The van der Waals surface area contributed by atoms with Crippen LogP contribution in [-0.4, -0.2) is 29.4 Å². The van der Waals surface area contributed by atoms with Crippen LogP contribution in [0, 0.1) is 0 Å². The Hall–Kier alpha value is -1.39. The second-order valence-electron chi connectivity index (χ2n) is 8.66. The van der Waals surface area contributed by atoms with Crippen molar-refractivity contribution in [3.8, 4) is 0 Å². The van der Waals surface area contributed by atoms with Crippen LogP contribution in [0.1, 0.15) is 75.3 Å². The summed E-state index contributed by atoms with van der Waals surface area (Å²) in [4.78, 5) is 11.6. The lowest BCUT2D eigenvalue weighted by molar-refractivity contribution is -0.167. The molecule has 4 aliphatic rings. The normalized spacial score (nSPS) is 32.7. The Balaban J connectivity index is 1.42. The summed E-state index contributed by atoms with van der Waals surface area (Å²) in [6.45, 7) is 0.381. The number of aliphatic carboxylic acids is 1. The van der Waals surface area contributed by atoms with E-state index >= 15 is 0 Å². The molecular formula is C22H30O4. The fraction of sp³-hybridized carbons (Fsp3) is 0.682. The van der Waals surface area contributed by atoms with Crippen LogP contribution in [0.15, 0.2) is 24.3 Å². The molecule has 0 aromatic heterocycles. The minimum Gasteiger partial charge on any atom is -0.479 e. The molecule has 4 heteroatoms. The number of hydrogen-bond donors (Lipinski definition) is 1. The van der Waals surface area contributed by atoms with Crippen LogP contribution in [0.4, 0.5) is 0 Å². The molecule has 0 amide bonds. The van der Waals surface area contributed by atoms with Crippen molar-refractivity contribution in [3.63, 3.8) is 0 Å². The lowest BCUT2D eigenvalue weighted by Gasteiger charge is -2.53. The highest BCUT2D eigenvalue weighted by Gasteiger charge is 2.49. The minimum absolute atomic E-state index is 0.141. The second-order valence-corrected chi connectivity index (χ2v) is 8.66. The highest BCUT2D eigenvalue weighted by Crippen LogP contribution is 2.54. The molecular weight excluding hydrogens is 328 g/mol. The first-order valence-corrected chi connectivity index (χ1v) is 10.0. The van der Waals surface area contributed by atoms with Crippen LogP contribution in [0.2, 0.25) is 0 Å². The van der Waals surface area contributed by atoms with Crippen molar-refractivity contribution in [2.45, 2.75) is 87.4 Å². The zero-order valence-electron chi connectivity index (χ0n) is 15.8. The van der Waals surface area contributed by atoms with Crippen molar-refractivity contribution in [1.82, 2.24) is 0 Å². The Bertz CT molecular complexity index is 633. The Labute approximate surface area is 155 Å². The van der Waals surface area contributed by atoms with E-state index in [1.54, 1.807) is 0 Å². The maximum Gasteiger partial charge on any atom is 0.335 e. The van der Waals surface area contributed by atoms with Gasteiger partial charge in [-0.05, 0) is 80.8 Å². The van der Waals surface area contributed by atoms with Crippen molar-refractivity contribution in [1.29, 1.82) is 0 Å². The summed E-state index contributed by atoms with van der Waals surface area (Å²) in [5.74, 6) is -0.809. The third-order valence-electron chi connectivity index (χ3n) is 7.49. The Morgan fingerprint density at radius 1 is 0.962 bits per heavy atom. The smallest absolute Gasteiger partial charge is 0.335 e. The van der Waals surface area contributed by atoms with E-state index < -0.39 is 11.6 Å². The van der Waals surface area contributed by atoms with E-state index in [0.717, 1.165) is 37.7 Å². The zero-order chi connectivity index (χ0) is 18.3. The molecule has 0 radical (unpaired) electrons. The van der Waals surface area contributed by atoms with Crippen molar-refractivity contribution in [2.24, 2.45) is 0 Å². The predicted molar refractivity (Wildman–Crippen MR) is 99.2 cm³/mol. The highest BCUT2D eigenvalue weighted by molar-refractivity contribution is 5.77. The molecule has 1 aromatic rings. The van der Waals surface area contributed by atoms with Gasteiger partial charge in [0.2, 0.25) is 0 Å². The largest absolute Gasteiger partial charge is 0.479 e. The Kier molecular flexibility index (Phi) is 4.60. The van der Waals surface area contributed by atoms with Gasteiger partial charge in [-0.2, -0.15) is 0 Å². The van der Waals surface area contributed by atoms with Crippen LogP contribution in [-0.2, 0) is 26.3 Å². The van der Waals surface area contributed by atoms with Gasteiger partial charge >= 0.3 is 5.97 Å². The molecule has 0 aliphatic heterocycles. The van der Waals surface area contributed by atoms with Gasteiger partial charge in [0, 0.05) is 7.11 Å². The monoisotopic (exact) mass is 358 g/mol. The van der Waals surface area contributed by atoms with Crippen LogP contribution >= 0.6 is 0 Å². The van der Waals surface area contributed by atoms with Gasteiger partial charge in [0.05, 0.1) is 12.2 Å². The maximum atomic E-state index is 11.6. The summed E-state index contributed by atoms with van der Waals surface area (Å²) >= 11 is 0. The standard InChI is InChI=1S/C22H30O4/c1-25-21-13-10-20(11-14-21,12-15-21)18-6-4-17(5-7-18)16-26-22(19(23)24)8-2-3-9-22/h4-7H,2-3,8-16H2,1H3,(H,23,24). The summed E-state index contributed by atoms with van der Waals surface area (Å²) in [6, 6.07) is 8.74. The number of carboxylic acid groups (broad SMARTS) is 1. The number of fused-ring (bicyclic) bond motifs is 3. The summed E-state index contributed by atoms with van der Waals surface area (Å²) in [6.07, 6.45) is 10.2. The maximum absolute atomic E-state index is 11.6. The molecule has 142 valence electrons. The Morgan fingerprint density at radius 3 is 2.04 bits per heavy atom. The molecule has 0 spiro atoms. The molecule has 4 saturated carbocycles. The van der Waals surface area contributed by atoms with E-state index in [-0.39, 0.29) is 5.60 Å². The molecule has 0 atom stereocenters. The predicted octanol–water partition coefficient (Wildman–Crippen LogP) is 4.59. The first kappa shape index (κ1) is 18.0. The van der Waals surface area contributed by atoms with E-state index in [1.807, 2.05) is 7.11 Å². The number of rotatable bonds is 6. The van der Waals surface area contributed by atoms with E-state index in [9.17, 15) is 9.90 Å². The number of methoxy groups -OCH3 is 1. The van der Waals surface area contributed by atoms with E-state index in [0.29, 0.717) is 24.9 Å². The lowest BCUT2D eigenvalue weighted by atomic mass is 9.56. The molecule has 1 aromatic carbocycles. The molecule has 2 bridgehead atoms. The number of hydrogen-bond acceptors (Lipinski definition) is 3. The van der Waals surface area contributed by atoms with Gasteiger partial charge in [-0.1, -0.05) is 24.3 Å². The molecule has 4 fully saturated rings. The van der Waals surface area contributed by atoms with Crippen molar-refractivity contribution >= 4 is 5.97 Å². The van der Waals surface area contributed by atoms with E-state index in [4.69, 9.17) is 9.47 Å². The summed E-state index contributed by atoms with van der Waals surface area (Å²) in [5.41, 5.74) is 1.98. The zero-order valence-corrected chi connectivity index (χ0v) is 15.8. The number of carboxylic acids is 1. The number of carbonyl (C=O) groups is 1. The highest BCUT2D eigenvalue weighted by atomic mass is 16.5. The average molecular weight is 358 g/mol. The van der Waals surface area contributed by atoms with Gasteiger partial charge in [0.15, 0.2) is 5.60 Å². The minimum atomic E-state index is -0.965. The molecule has 0 heterocycles.